The van der Waals surface area contributed by atoms with Gasteiger partial charge in [-0.15, -0.1) is 0 Å². The normalized spacial score (nSPS) is 16.8. The van der Waals surface area contributed by atoms with Crippen LogP contribution in [-0.4, -0.2) is 72.5 Å². The second-order valence-corrected chi connectivity index (χ2v) is 10.2. The number of carbonyl (C=O) groups is 1. The van der Waals surface area contributed by atoms with Crippen molar-refractivity contribution in [3.63, 3.8) is 0 Å². The molecule has 234 valence electrons. The van der Waals surface area contributed by atoms with Gasteiger partial charge in [-0.1, -0.05) is 13.5 Å². The molecular formula is C28H32F6N6O3. The fraction of sp³-hybridized carbons (Fsp3) is 0.500. The molecule has 43 heavy (non-hydrogen) atoms. The van der Waals surface area contributed by atoms with Gasteiger partial charge in [0.2, 0.25) is 5.91 Å². The molecule has 1 N–H and O–H groups in total. The van der Waals surface area contributed by atoms with E-state index in [1.165, 1.54) is 18.2 Å². The Labute approximate surface area is 245 Å². The summed E-state index contributed by atoms with van der Waals surface area (Å²) < 4.78 is 79.7. The van der Waals surface area contributed by atoms with Crippen LogP contribution in [0.2, 0.25) is 0 Å². The predicted octanol–water partition coefficient (Wildman–Crippen LogP) is 6.43. The number of hydrogen-bond donors (Lipinski definition) is 1. The van der Waals surface area contributed by atoms with E-state index in [4.69, 9.17) is 6.57 Å². The van der Waals surface area contributed by atoms with E-state index in [-0.39, 0.29) is 31.5 Å². The van der Waals surface area contributed by atoms with Gasteiger partial charge >= 0.3 is 12.4 Å². The number of alkyl halides is 6. The minimum Gasteiger partial charge on any atom is -0.382 e. The molecule has 2 saturated heterocycles. The first-order valence-corrected chi connectivity index (χ1v) is 13.2. The average molecular weight is 615 g/mol. The monoisotopic (exact) mass is 614 g/mol. The molecule has 0 bridgehead atoms. The first-order chi connectivity index (χ1) is 19.8. The number of likely N-dealkylation sites (tertiary alicyclic amines) is 1. The Hall–Kier alpha value is -4.06. The number of hydrogen-bond acceptors (Lipinski definition) is 6. The predicted molar refractivity (Wildman–Crippen MR) is 149 cm³/mol. The van der Waals surface area contributed by atoms with Crippen molar-refractivity contribution in [2.45, 2.75) is 45.1 Å². The van der Waals surface area contributed by atoms with Crippen molar-refractivity contribution in [1.29, 1.82) is 0 Å². The summed E-state index contributed by atoms with van der Waals surface area (Å²) in [6.07, 6.45) is -8.25. The van der Waals surface area contributed by atoms with Crippen LogP contribution in [0.4, 0.5) is 49.1 Å². The molecule has 2 heterocycles. The van der Waals surface area contributed by atoms with Crippen molar-refractivity contribution < 1.29 is 36.1 Å². The summed E-state index contributed by atoms with van der Waals surface area (Å²) in [6.45, 7) is 10.3. The molecule has 0 atom stereocenters. The lowest BCUT2D eigenvalue weighted by molar-refractivity contribution is -0.388. The van der Waals surface area contributed by atoms with Crippen molar-refractivity contribution in [3.05, 3.63) is 69.1 Å². The van der Waals surface area contributed by atoms with E-state index in [1.807, 2.05) is 4.90 Å². The van der Waals surface area contributed by atoms with Crippen LogP contribution in [0.5, 0.6) is 0 Å². The number of piperidine rings is 1. The van der Waals surface area contributed by atoms with E-state index in [0.717, 1.165) is 18.2 Å². The van der Waals surface area contributed by atoms with Crippen molar-refractivity contribution in [2.75, 3.05) is 56.0 Å². The molecule has 4 rings (SSSR count). The van der Waals surface area contributed by atoms with Gasteiger partial charge in [0.05, 0.1) is 17.1 Å². The lowest BCUT2D eigenvalue weighted by Crippen LogP contribution is -2.48. The summed E-state index contributed by atoms with van der Waals surface area (Å²) in [4.78, 5) is 31.2. The number of halogens is 6. The number of nitrogens with zero attached hydrogens (tertiary/aromatic N) is 5. The van der Waals surface area contributed by atoms with Crippen LogP contribution in [0.25, 0.3) is 4.85 Å². The standard InChI is InChI=1S/C27H28F6N6O3.CH4/c1-34-23-4-3-20(17-21(23)26(28,29)30)37-14-12-36(13-15-37)9-8-25(40)38-10-6-18(7-11-38)35-19-2-5-24(39(41)42)22(16-19)27(31,32)33;/h2-5,16-18,35H,6-15H2;1H4. The molecule has 2 aromatic rings. The number of piperazine rings is 1. The Balaban J connectivity index is 0.00000506. The van der Waals surface area contributed by atoms with Gasteiger partial charge < -0.3 is 15.1 Å². The zero-order valence-electron chi connectivity index (χ0n) is 22.3. The van der Waals surface area contributed by atoms with Gasteiger partial charge in [0.25, 0.3) is 5.69 Å². The van der Waals surface area contributed by atoms with Gasteiger partial charge in [-0.2, -0.15) is 26.3 Å². The minimum absolute atomic E-state index is 0. The molecule has 1 amide bonds. The molecule has 15 heteroatoms. The van der Waals surface area contributed by atoms with E-state index in [2.05, 4.69) is 15.1 Å². The van der Waals surface area contributed by atoms with Crippen molar-refractivity contribution in [3.8, 4) is 0 Å². The molecule has 2 aromatic carbocycles. The molecule has 0 aliphatic carbocycles. The van der Waals surface area contributed by atoms with Crippen molar-refractivity contribution in [2.24, 2.45) is 0 Å². The fourth-order valence-corrected chi connectivity index (χ4v) is 5.21. The maximum Gasteiger partial charge on any atom is 0.423 e. The van der Waals surface area contributed by atoms with Gasteiger partial charge in [-0.3, -0.25) is 19.8 Å². The number of benzene rings is 2. The van der Waals surface area contributed by atoms with Crippen LogP contribution in [-0.2, 0) is 17.1 Å². The molecule has 2 fully saturated rings. The topological polar surface area (TPSA) is 86.3 Å². The molecule has 9 nitrogen and oxygen atoms in total. The molecule has 0 spiro atoms. The summed E-state index contributed by atoms with van der Waals surface area (Å²) in [5.41, 5.74) is -3.22. The maximum absolute atomic E-state index is 13.3. The van der Waals surface area contributed by atoms with E-state index < -0.39 is 39.8 Å². The summed E-state index contributed by atoms with van der Waals surface area (Å²) in [5, 5.41) is 13.9. The Bertz CT molecular complexity index is 1340. The Morgan fingerprint density at radius 3 is 2.14 bits per heavy atom. The minimum atomic E-state index is -4.87. The molecule has 0 unspecified atom stereocenters. The van der Waals surface area contributed by atoms with Crippen LogP contribution in [0.1, 0.15) is 37.8 Å². The first kappa shape index (κ1) is 33.4. The molecular weight excluding hydrogens is 582 g/mol. The highest BCUT2D eigenvalue weighted by Gasteiger charge is 2.39. The highest BCUT2D eigenvalue weighted by molar-refractivity contribution is 5.76. The van der Waals surface area contributed by atoms with E-state index in [9.17, 15) is 41.3 Å². The number of nitro benzene ring substituents is 1. The third kappa shape index (κ3) is 8.28. The number of nitrogens with one attached hydrogen (secondary N) is 1. The van der Waals surface area contributed by atoms with Gasteiger partial charge in [-0.05, 0) is 37.1 Å². The third-order valence-corrected chi connectivity index (χ3v) is 7.50. The van der Waals surface area contributed by atoms with E-state index in [0.29, 0.717) is 64.3 Å². The highest BCUT2D eigenvalue weighted by Crippen LogP contribution is 2.39. The Morgan fingerprint density at radius 2 is 1.58 bits per heavy atom. The Kier molecular flexibility index (Phi) is 10.5. The summed E-state index contributed by atoms with van der Waals surface area (Å²) in [7, 11) is 0. The number of rotatable bonds is 7. The van der Waals surface area contributed by atoms with Crippen LogP contribution in [0.3, 0.4) is 0 Å². The average Bonchev–Trinajstić information content (AvgIpc) is 2.95. The fourth-order valence-electron chi connectivity index (χ4n) is 5.21. The molecule has 2 aliphatic heterocycles. The number of nitro groups is 1. The SMILES string of the molecule is C.[C-]#[N+]c1ccc(N2CCN(CCC(=O)N3CCC(Nc4ccc([N+](=O)[O-])c(C(F)(F)F)c4)CC3)CC2)cc1C(F)(F)F. The smallest absolute Gasteiger partial charge is 0.382 e. The second kappa shape index (κ2) is 13.5. The van der Waals surface area contributed by atoms with Gasteiger partial charge in [0.1, 0.15) is 5.56 Å². The largest absolute Gasteiger partial charge is 0.423 e. The molecule has 0 aromatic heterocycles. The number of carbonyl (C=O) groups excluding carboxylic acids is 1. The highest BCUT2D eigenvalue weighted by atomic mass is 19.4. The number of amides is 1. The van der Waals surface area contributed by atoms with Gasteiger partial charge in [0, 0.05) is 75.7 Å². The third-order valence-electron chi connectivity index (χ3n) is 7.50. The van der Waals surface area contributed by atoms with Crippen molar-refractivity contribution in [1.82, 2.24) is 9.80 Å². The van der Waals surface area contributed by atoms with Gasteiger partial charge in [0.15, 0.2) is 5.69 Å². The Morgan fingerprint density at radius 1 is 0.953 bits per heavy atom. The van der Waals surface area contributed by atoms with Crippen LogP contribution < -0.4 is 10.2 Å². The molecule has 0 saturated carbocycles. The molecule has 0 radical (unpaired) electrons. The zero-order chi connectivity index (χ0) is 30.7. The number of anilines is 2. The van der Waals surface area contributed by atoms with Crippen LogP contribution in [0, 0.1) is 16.7 Å². The second-order valence-electron chi connectivity index (χ2n) is 10.2. The van der Waals surface area contributed by atoms with Crippen LogP contribution in [0.15, 0.2) is 36.4 Å². The van der Waals surface area contributed by atoms with Crippen LogP contribution >= 0.6 is 0 Å². The van der Waals surface area contributed by atoms with E-state index >= 15 is 0 Å². The van der Waals surface area contributed by atoms with Gasteiger partial charge in [-0.25, -0.2) is 4.85 Å². The maximum atomic E-state index is 13.3. The van der Waals surface area contributed by atoms with E-state index in [1.54, 1.807) is 4.90 Å². The summed E-state index contributed by atoms with van der Waals surface area (Å²) >= 11 is 0. The first-order valence-electron chi connectivity index (χ1n) is 13.2. The molecule has 2 aliphatic rings. The lowest BCUT2D eigenvalue weighted by Gasteiger charge is -2.37. The summed E-state index contributed by atoms with van der Waals surface area (Å²) in [6, 6.07) is 6.29. The summed E-state index contributed by atoms with van der Waals surface area (Å²) in [5.74, 6) is -0.0601. The van der Waals surface area contributed by atoms with Crippen molar-refractivity contribution >= 4 is 28.7 Å². The quantitative estimate of drug-likeness (QED) is 0.167. The zero-order valence-corrected chi connectivity index (χ0v) is 22.3. The lowest BCUT2D eigenvalue weighted by atomic mass is 10.0.